The third kappa shape index (κ3) is 4.82. The summed E-state index contributed by atoms with van der Waals surface area (Å²) in [5.74, 6) is 3.57. The lowest BCUT2D eigenvalue weighted by molar-refractivity contribution is -0.227. The van der Waals surface area contributed by atoms with Crippen LogP contribution in [0.4, 0.5) is 0 Å². The highest BCUT2D eigenvalue weighted by Gasteiger charge is 2.59. The fourth-order valence-electron chi connectivity index (χ4n) is 9.56. The second-order valence-corrected chi connectivity index (χ2v) is 13.4. The van der Waals surface area contributed by atoms with Gasteiger partial charge in [0.1, 0.15) is 0 Å². The van der Waals surface area contributed by atoms with Crippen LogP contribution < -0.4 is 0 Å². The molecule has 0 amide bonds. The quantitative estimate of drug-likeness (QED) is 0.298. The monoisotopic (exact) mass is 502 g/mol. The molecule has 0 radical (unpaired) electrons. The highest BCUT2D eigenvalue weighted by atomic mass is 16.9. The van der Waals surface area contributed by atoms with E-state index in [1.807, 2.05) is 0 Å². The summed E-state index contributed by atoms with van der Waals surface area (Å²) in [6.45, 7) is 9.86. The van der Waals surface area contributed by atoms with Crippen molar-refractivity contribution in [1.29, 1.82) is 0 Å². The van der Waals surface area contributed by atoms with Gasteiger partial charge in [0.25, 0.3) is 0 Å². The van der Waals surface area contributed by atoms with Gasteiger partial charge in [-0.3, -0.25) is 4.79 Å². The Labute approximate surface area is 218 Å². The van der Waals surface area contributed by atoms with Crippen LogP contribution >= 0.6 is 0 Å². The zero-order chi connectivity index (χ0) is 25.5. The van der Waals surface area contributed by atoms with Crippen LogP contribution in [0.2, 0.25) is 0 Å². The van der Waals surface area contributed by atoms with Crippen LogP contribution in [0.5, 0.6) is 0 Å². The van der Waals surface area contributed by atoms with Crippen molar-refractivity contribution in [3.8, 4) is 0 Å². The molecule has 3 saturated carbocycles. The SMILES string of the molecule is CCCCC(O)[C@@H](C)[C@H]1CC[C@H]2[C@@H]3CC=C4C[C@@H](CC(=O)OC5OCCO5)CC[C@]4(C)[C@H]3CC[C@]12C. The zero-order valence-electron chi connectivity index (χ0n) is 23.2. The first-order valence-electron chi connectivity index (χ1n) is 15.1. The summed E-state index contributed by atoms with van der Waals surface area (Å²) < 4.78 is 15.9. The Kier molecular flexibility index (Phi) is 7.92. The first-order chi connectivity index (χ1) is 17.3. The lowest BCUT2D eigenvalue weighted by atomic mass is 9.46. The smallest absolute Gasteiger partial charge is 0.318 e. The number of rotatable bonds is 8. The summed E-state index contributed by atoms with van der Waals surface area (Å²) in [5.41, 5.74) is 2.27. The number of hydrogen-bond acceptors (Lipinski definition) is 5. The van der Waals surface area contributed by atoms with Gasteiger partial charge < -0.3 is 19.3 Å². The van der Waals surface area contributed by atoms with Crippen molar-refractivity contribution in [3.63, 3.8) is 0 Å². The number of unbranched alkanes of at least 4 members (excludes halogenated alkanes) is 1. The van der Waals surface area contributed by atoms with E-state index in [0.29, 0.717) is 42.8 Å². The third-order valence-corrected chi connectivity index (χ3v) is 11.6. The number of aliphatic hydroxyl groups is 1. The normalized spacial score (nSPS) is 42.1. The summed E-state index contributed by atoms with van der Waals surface area (Å²) >= 11 is 0. The van der Waals surface area contributed by atoms with Crippen molar-refractivity contribution in [2.24, 2.45) is 46.3 Å². The predicted octanol–water partition coefficient (Wildman–Crippen LogP) is 6.63. The number of carbonyl (C=O) groups is 1. The highest BCUT2D eigenvalue weighted by molar-refractivity contribution is 5.69. The van der Waals surface area contributed by atoms with E-state index < -0.39 is 6.48 Å². The molecule has 5 nitrogen and oxygen atoms in total. The Morgan fingerprint density at radius 2 is 1.92 bits per heavy atom. The molecule has 1 saturated heterocycles. The summed E-state index contributed by atoms with van der Waals surface area (Å²) in [5, 5.41) is 11.0. The maximum Gasteiger partial charge on any atom is 0.318 e. The minimum absolute atomic E-state index is 0.146. The molecule has 36 heavy (non-hydrogen) atoms. The van der Waals surface area contributed by atoms with Gasteiger partial charge in [0.15, 0.2) is 0 Å². The van der Waals surface area contributed by atoms with Gasteiger partial charge in [0.05, 0.1) is 19.3 Å². The molecule has 0 spiro atoms. The van der Waals surface area contributed by atoms with Crippen molar-refractivity contribution in [1.82, 2.24) is 0 Å². The van der Waals surface area contributed by atoms with Crippen LogP contribution in [-0.2, 0) is 19.0 Å². The van der Waals surface area contributed by atoms with E-state index in [9.17, 15) is 9.90 Å². The van der Waals surface area contributed by atoms with Crippen molar-refractivity contribution in [3.05, 3.63) is 11.6 Å². The van der Waals surface area contributed by atoms with Crippen LogP contribution in [0, 0.1) is 46.3 Å². The minimum Gasteiger partial charge on any atom is -0.410 e. The molecule has 1 N–H and O–H groups in total. The summed E-state index contributed by atoms with van der Waals surface area (Å²) in [7, 11) is 0. The number of esters is 1. The van der Waals surface area contributed by atoms with Crippen LogP contribution in [-0.4, -0.2) is 36.9 Å². The summed E-state index contributed by atoms with van der Waals surface area (Å²) in [6.07, 6.45) is 16.0. The molecule has 5 rings (SSSR count). The molecule has 0 aromatic carbocycles. The average Bonchev–Trinajstić information content (AvgIpc) is 3.49. The molecule has 5 heteroatoms. The first-order valence-corrected chi connectivity index (χ1v) is 15.1. The second-order valence-electron chi connectivity index (χ2n) is 13.4. The van der Waals surface area contributed by atoms with Crippen molar-refractivity contribution >= 4 is 5.97 Å². The lowest BCUT2D eigenvalue weighted by Crippen LogP contribution is -2.51. The number of fused-ring (bicyclic) bond motifs is 5. The Morgan fingerprint density at radius 3 is 2.67 bits per heavy atom. The molecule has 1 aliphatic heterocycles. The number of carbonyl (C=O) groups excluding carboxylic acids is 1. The van der Waals surface area contributed by atoms with Gasteiger partial charge in [-0.1, -0.05) is 52.2 Å². The van der Waals surface area contributed by atoms with Gasteiger partial charge in [0.2, 0.25) is 0 Å². The first kappa shape index (κ1) is 26.7. The Bertz CT molecular complexity index is 818. The number of aliphatic hydroxyl groups excluding tert-OH is 1. The molecule has 5 aliphatic rings. The summed E-state index contributed by atoms with van der Waals surface area (Å²) in [4.78, 5) is 12.5. The predicted molar refractivity (Wildman–Crippen MR) is 140 cm³/mol. The van der Waals surface area contributed by atoms with E-state index in [1.54, 1.807) is 5.57 Å². The lowest BCUT2D eigenvalue weighted by Gasteiger charge is -2.58. The van der Waals surface area contributed by atoms with Crippen molar-refractivity contribution < 1.29 is 24.1 Å². The molecule has 204 valence electrons. The van der Waals surface area contributed by atoms with E-state index in [1.165, 1.54) is 38.5 Å². The van der Waals surface area contributed by atoms with E-state index in [0.717, 1.165) is 49.9 Å². The average molecular weight is 503 g/mol. The molecule has 9 atom stereocenters. The van der Waals surface area contributed by atoms with Gasteiger partial charge in [0, 0.05) is 6.42 Å². The Morgan fingerprint density at radius 1 is 1.14 bits per heavy atom. The Hall–Kier alpha value is -0.910. The molecule has 1 unspecified atom stereocenters. The van der Waals surface area contributed by atoms with Gasteiger partial charge in [-0.05, 0) is 104 Å². The zero-order valence-corrected chi connectivity index (χ0v) is 23.2. The van der Waals surface area contributed by atoms with Crippen molar-refractivity contribution in [2.45, 2.75) is 117 Å². The van der Waals surface area contributed by atoms with E-state index >= 15 is 0 Å². The Balaban J connectivity index is 1.24. The van der Waals surface area contributed by atoms with Gasteiger partial charge in [-0.25, -0.2) is 0 Å². The molecule has 0 aromatic rings. The van der Waals surface area contributed by atoms with Crippen LogP contribution in [0.1, 0.15) is 105 Å². The fraction of sp³-hybridized carbons (Fsp3) is 0.903. The largest absolute Gasteiger partial charge is 0.410 e. The fourth-order valence-corrected chi connectivity index (χ4v) is 9.56. The standard InChI is InChI=1S/C31H50O5/c1-5-6-7-27(32)20(2)24-10-11-25-23-9-8-22-18-21(19-28(33)36-29-34-16-17-35-29)12-14-30(22,3)26(23)13-15-31(24,25)4/h8,20-21,23-27,29,32H,5-7,9-19H2,1-4H3/t20-,21-,23-,24+,25-,26-,27?,30-,31+/m0/s1. The maximum absolute atomic E-state index is 12.5. The van der Waals surface area contributed by atoms with Crippen molar-refractivity contribution in [2.75, 3.05) is 13.2 Å². The summed E-state index contributed by atoms with van der Waals surface area (Å²) in [6, 6.07) is 0. The number of ether oxygens (including phenoxy) is 3. The number of allylic oxidation sites excluding steroid dienone is 2. The van der Waals surface area contributed by atoms with E-state index in [-0.39, 0.29) is 17.5 Å². The van der Waals surface area contributed by atoms with Crippen LogP contribution in [0.25, 0.3) is 0 Å². The van der Waals surface area contributed by atoms with E-state index in [4.69, 9.17) is 14.2 Å². The molecule has 4 aliphatic carbocycles. The molecule has 1 heterocycles. The van der Waals surface area contributed by atoms with Gasteiger partial charge in [-0.2, -0.15) is 0 Å². The highest BCUT2D eigenvalue weighted by Crippen LogP contribution is 2.67. The van der Waals surface area contributed by atoms with Gasteiger partial charge in [-0.15, -0.1) is 0 Å². The molecule has 0 bridgehead atoms. The maximum atomic E-state index is 12.5. The second kappa shape index (κ2) is 10.7. The van der Waals surface area contributed by atoms with E-state index in [2.05, 4.69) is 33.8 Å². The number of hydrogen-bond donors (Lipinski definition) is 1. The molecule has 0 aromatic heterocycles. The molecule has 4 fully saturated rings. The third-order valence-electron chi connectivity index (χ3n) is 11.6. The van der Waals surface area contributed by atoms with Crippen LogP contribution in [0.3, 0.4) is 0 Å². The molecular weight excluding hydrogens is 452 g/mol. The minimum atomic E-state index is -0.803. The molecular formula is C31H50O5. The topological polar surface area (TPSA) is 65.0 Å². The van der Waals surface area contributed by atoms with Crippen LogP contribution in [0.15, 0.2) is 11.6 Å². The van der Waals surface area contributed by atoms with Gasteiger partial charge >= 0.3 is 12.4 Å².